The molecule has 0 aliphatic rings. The van der Waals surface area contributed by atoms with Gasteiger partial charge in [0.2, 0.25) is 0 Å². The van der Waals surface area contributed by atoms with Gasteiger partial charge in [-0.15, -0.1) is 0 Å². The summed E-state index contributed by atoms with van der Waals surface area (Å²) in [6.07, 6.45) is 0.408. The van der Waals surface area contributed by atoms with E-state index in [-0.39, 0.29) is 6.04 Å². The average Bonchev–Trinajstić information content (AvgIpc) is 2.33. The minimum absolute atomic E-state index is 0.161. The Morgan fingerprint density at radius 1 is 1.20 bits per heavy atom. The lowest BCUT2D eigenvalue weighted by Gasteiger charge is -2.11. The fourth-order valence-electron chi connectivity index (χ4n) is 1.85. The van der Waals surface area contributed by atoms with Crippen LogP contribution < -0.4 is 10.5 Å². The van der Waals surface area contributed by atoms with Gasteiger partial charge in [0.1, 0.15) is 5.75 Å². The number of hydrogen-bond donors (Lipinski definition) is 1. The third-order valence-corrected chi connectivity index (χ3v) is 3.12. The SMILES string of the molecule is CC(N)Cc1cc(F)c(Oc2cccc(Br)c2)c(F)c1. The molecule has 0 radical (unpaired) electrons. The van der Waals surface area contributed by atoms with Crippen LogP contribution >= 0.6 is 15.9 Å². The molecule has 0 heterocycles. The second-order valence-corrected chi connectivity index (χ2v) is 5.55. The molecule has 5 heteroatoms. The lowest BCUT2D eigenvalue weighted by molar-refractivity contribution is 0.406. The largest absolute Gasteiger partial charge is 0.451 e. The first-order chi connectivity index (χ1) is 9.45. The number of rotatable bonds is 4. The Morgan fingerprint density at radius 3 is 2.40 bits per heavy atom. The molecule has 0 aromatic heterocycles. The third kappa shape index (κ3) is 3.77. The third-order valence-electron chi connectivity index (χ3n) is 2.63. The van der Waals surface area contributed by atoms with Crippen LogP contribution in [-0.2, 0) is 6.42 Å². The van der Waals surface area contributed by atoms with Crippen molar-refractivity contribution in [3.8, 4) is 11.5 Å². The zero-order valence-corrected chi connectivity index (χ0v) is 12.5. The standard InChI is InChI=1S/C15H14BrF2NO/c1-9(19)5-10-6-13(17)15(14(18)7-10)20-12-4-2-3-11(16)8-12/h2-4,6-9H,5,19H2,1H3. The molecule has 0 saturated heterocycles. The zero-order chi connectivity index (χ0) is 14.7. The molecule has 1 unspecified atom stereocenters. The summed E-state index contributed by atoms with van der Waals surface area (Å²) >= 11 is 3.27. The van der Waals surface area contributed by atoms with Crippen molar-refractivity contribution >= 4 is 15.9 Å². The number of nitrogens with two attached hydrogens (primary N) is 1. The van der Waals surface area contributed by atoms with Crippen LogP contribution in [0.4, 0.5) is 8.78 Å². The molecule has 0 saturated carbocycles. The first-order valence-electron chi connectivity index (χ1n) is 6.12. The average molecular weight is 342 g/mol. The Balaban J connectivity index is 2.28. The lowest BCUT2D eigenvalue weighted by atomic mass is 10.1. The Hall–Kier alpha value is -1.46. The molecule has 2 aromatic carbocycles. The summed E-state index contributed by atoms with van der Waals surface area (Å²) in [7, 11) is 0. The summed E-state index contributed by atoms with van der Waals surface area (Å²) in [5.74, 6) is -1.52. The summed E-state index contributed by atoms with van der Waals surface area (Å²) in [5.41, 5.74) is 6.13. The number of halogens is 3. The van der Waals surface area contributed by atoms with Crippen molar-refractivity contribution in [1.29, 1.82) is 0 Å². The molecule has 0 fully saturated rings. The van der Waals surface area contributed by atoms with Gasteiger partial charge in [-0.2, -0.15) is 0 Å². The van der Waals surface area contributed by atoms with Crippen LogP contribution in [0, 0.1) is 11.6 Å². The van der Waals surface area contributed by atoms with Crippen molar-refractivity contribution < 1.29 is 13.5 Å². The predicted molar refractivity (Wildman–Crippen MR) is 77.9 cm³/mol. The van der Waals surface area contributed by atoms with Gasteiger partial charge in [0, 0.05) is 10.5 Å². The van der Waals surface area contributed by atoms with E-state index in [9.17, 15) is 8.78 Å². The van der Waals surface area contributed by atoms with Gasteiger partial charge in [-0.25, -0.2) is 8.78 Å². The normalized spacial score (nSPS) is 12.2. The van der Waals surface area contributed by atoms with Crippen molar-refractivity contribution in [2.24, 2.45) is 5.73 Å². The maximum absolute atomic E-state index is 13.9. The highest BCUT2D eigenvalue weighted by Gasteiger charge is 2.14. The van der Waals surface area contributed by atoms with Crippen molar-refractivity contribution in [1.82, 2.24) is 0 Å². The molecule has 1 atom stereocenters. The molecule has 20 heavy (non-hydrogen) atoms. The summed E-state index contributed by atoms with van der Waals surface area (Å²) in [4.78, 5) is 0. The molecule has 2 N–H and O–H groups in total. The molecular weight excluding hydrogens is 328 g/mol. The van der Waals surface area contributed by atoms with E-state index in [1.54, 1.807) is 31.2 Å². The van der Waals surface area contributed by atoms with Crippen molar-refractivity contribution in [3.63, 3.8) is 0 Å². The first-order valence-corrected chi connectivity index (χ1v) is 6.92. The van der Waals surface area contributed by atoms with E-state index < -0.39 is 17.4 Å². The maximum atomic E-state index is 13.9. The molecule has 2 aromatic rings. The van der Waals surface area contributed by atoms with E-state index in [2.05, 4.69) is 15.9 Å². The van der Waals surface area contributed by atoms with Crippen LogP contribution in [0.3, 0.4) is 0 Å². The van der Waals surface area contributed by atoms with E-state index in [0.717, 1.165) is 4.47 Å². The Labute approximate surface area is 124 Å². The quantitative estimate of drug-likeness (QED) is 0.893. The summed E-state index contributed by atoms with van der Waals surface area (Å²) in [5, 5.41) is 0. The molecule has 0 spiro atoms. The van der Waals surface area contributed by atoms with Crippen LogP contribution in [0.5, 0.6) is 11.5 Å². The fourth-order valence-corrected chi connectivity index (χ4v) is 2.23. The molecule has 106 valence electrons. The topological polar surface area (TPSA) is 35.2 Å². The summed E-state index contributed by atoms with van der Waals surface area (Å²) in [6, 6.07) is 9.12. The predicted octanol–water partition coefficient (Wildman–Crippen LogP) is 4.41. The summed E-state index contributed by atoms with van der Waals surface area (Å²) in [6.45, 7) is 1.78. The number of benzene rings is 2. The summed E-state index contributed by atoms with van der Waals surface area (Å²) < 4.78 is 33.9. The van der Waals surface area contributed by atoms with Crippen molar-refractivity contribution in [2.45, 2.75) is 19.4 Å². The van der Waals surface area contributed by atoms with E-state index in [0.29, 0.717) is 17.7 Å². The minimum atomic E-state index is -0.736. The fraction of sp³-hybridized carbons (Fsp3) is 0.200. The number of hydrogen-bond acceptors (Lipinski definition) is 2. The van der Waals surface area contributed by atoms with Crippen LogP contribution in [0.15, 0.2) is 40.9 Å². The second-order valence-electron chi connectivity index (χ2n) is 4.63. The monoisotopic (exact) mass is 341 g/mol. The van der Waals surface area contributed by atoms with Crippen molar-refractivity contribution in [3.05, 3.63) is 58.1 Å². The van der Waals surface area contributed by atoms with Gasteiger partial charge in [-0.1, -0.05) is 22.0 Å². The highest BCUT2D eigenvalue weighted by Crippen LogP contribution is 2.30. The zero-order valence-electron chi connectivity index (χ0n) is 10.9. The molecule has 0 aliphatic heterocycles. The molecule has 0 amide bonds. The first kappa shape index (κ1) is 14.9. The highest BCUT2D eigenvalue weighted by atomic mass is 79.9. The molecule has 2 nitrogen and oxygen atoms in total. The number of ether oxygens (including phenoxy) is 1. The van der Waals surface area contributed by atoms with E-state index in [1.807, 2.05) is 0 Å². The van der Waals surface area contributed by atoms with E-state index >= 15 is 0 Å². The Kier molecular flexibility index (Phi) is 4.73. The van der Waals surface area contributed by atoms with Crippen LogP contribution in [-0.4, -0.2) is 6.04 Å². The van der Waals surface area contributed by atoms with Crippen molar-refractivity contribution in [2.75, 3.05) is 0 Å². The molecule has 0 bridgehead atoms. The van der Waals surface area contributed by atoms with E-state index in [1.165, 1.54) is 12.1 Å². The lowest BCUT2D eigenvalue weighted by Crippen LogP contribution is -2.18. The molecular formula is C15H14BrF2NO. The van der Waals surface area contributed by atoms with Gasteiger partial charge >= 0.3 is 0 Å². The Morgan fingerprint density at radius 2 is 1.85 bits per heavy atom. The van der Waals surface area contributed by atoms with Gasteiger partial charge in [0.15, 0.2) is 17.4 Å². The highest BCUT2D eigenvalue weighted by molar-refractivity contribution is 9.10. The van der Waals surface area contributed by atoms with Crippen LogP contribution in [0.25, 0.3) is 0 Å². The van der Waals surface area contributed by atoms with Gasteiger partial charge in [-0.3, -0.25) is 0 Å². The van der Waals surface area contributed by atoms with E-state index in [4.69, 9.17) is 10.5 Å². The molecule has 2 rings (SSSR count). The molecule has 0 aliphatic carbocycles. The van der Waals surface area contributed by atoms with Gasteiger partial charge in [-0.05, 0) is 49.2 Å². The van der Waals surface area contributed by atoms with Crippen LogP contribution in [0.1, 0.15) is 12.5 Å². The van der Waals surface area contributed by atoms with Gasteiger partial charge < -0.3 is 10.5 Å². The van der Waals surface area contributed by atoms with Gasteiger partial charge in [0.25, 0.3) is 0 Å². The smallest absolute Gasteiger partial charge is 0.198 e. The van der Waals surface area contributed by atoms with Crippen LogP contribution in [0.2, 0.25) is 0 Å². The minimum Gasteiger partial charge on any atom is -0.451 e. The van der Waals surface area contributed by atoms with Gasteiger partial charge in [0.05, 0.1) is 0 Å². The maximum Gasteiger partial charge on any atom is 0.198 e. The Bertz CT molecular complexity index is 594. The second kappa shape index (κ2) is 6.33.